The molecule has 25 heavy (non-hydrogen) atoms. The van der Waals surface area contributed by atoms with Crippen molar-refractivity contribution in [1.82, 2.24) is 16.2 Å². The van der Waals surface area contributed by atoms with Crippen LogP contribution in [0.25, 0.3) is 0 Å². The van der Waals surface area contributed by atoms with Crippen LogP contribution in [0.15, 0.2) is 63.2 Å². The fourth-order valence-electron chi connectivity index (χ4n) is 2.81. The molecule has 2 aromatic rings. The fraction of sp³-hybridized carbons (Fsp3) is 0.118. The van der Waals surface area contributed by atoms with Gasteiger partial charge < -0.3 is 11.1 Å². The molecule has 0 fully saturated rings. The molecule has 1 atom stereocenters. The van der Waals surface area contributed by atoms with Crippen LogP contribution in [0.2, 0.25) is 0 Å². The molecular formula is C17H15BrN6O. The maximum atomic E-state index is 12.7. The standard InChI is InChI=1S/C17H15BrN6O/c18-11-5-3-4-10(8-11)14-9-17(23-21-14)16(25)20-15(22-24-17)12-6-1-2-7-13(12)19/h1-8,23-24H,9,19H2,(H,20,22,25). The van der Waals surface area contributed by atoms with E-state index in [-0.39, 0.29) is 5.91 Å². The lowest BCUT2D eigenvalue weighted by Gasteiger charge is -2.31. The lowest BCUT2D eigenvalue weighted by Crippen LogP contribution is -2.65. The van der Waals surface area contributed by atoms with Gasteiger partial charge in [-0.3, -0.25) is 15.6 Å². The number of nitrogens with two attached hydrogens (primary N) is 1. The first kappa shape index (κ1) is 15.6. The molecule has 5 N–H and O–H groups in total. The molecule has 0 aromatic heterocycles. The predicted molar refractivity (Wildman–Crippen MR) is 99.8 cm³/mol. The van der Waals surface area contributed by atoms with Crippen LogP contribution in [-0.4, -0.2) is 23.1 Å². The summed E-state index contributed by atoms with van der Waals surface area (Å²) in [6.45, 7) is 0. The van der Waals surface area contributed by atoms with E-state index in [0.717, 1.165) is 15.7 Å². The van der Waals surface area contributed by atoms with Crippen LogP contribution >= 0.6 is 15.9 Å². The third-order valence-corrected chi connectivity index (χ3v) is 4.66. The van der Waals surface area contributed by atoms with Gasteiger partial charge in [0.05, 0.1) is 5.71 Å². The van der Waals surface area contributed by atoms with Crippen molar-refractivity contribution in [2.45, 2.75) is 12.1 Å². The molecule has 2 heterocycles. The van der Waals surface area contributed by atoms with Crippen LogP contribution in [0.4, 0.5) is 5.69 Å². The van der Waals surface area contributed by atoms with Crippen molar-refractivity contribution in [3.63, 3.8) is 0 Å². The summed E-state index contributed by atoms with van der Waals surface area (Å²) in [5, 5.41) is 11.4. The molecule has 0 aliphatic carbocycles. The number of hydrogen-bond donors (Lipinski definition) is 4. The Morgan fingerprint density at radius 2 is 1.88 bits per heavy atom. The quantitative estimate of drug-likeness (QED) is 0.575. The van der Waals surface area contributed by atoms with Crippen LogP contribution in [0.1, 0.15) is 17.5 Å². The Balaban J connectivity index is 1.58. The average Bonchev–Trinajstić information content (AvgIpc) is 3.04. The number of anilines is 1. The normalized spacial score (nSPS) is 21.9. The molecule has 1 unspecified atom stereocenters. The van der Waals surface area contributed by atoms with Gasteiger partial charge in [0, 0.05) is 22.1 Å². The lowest BCUT2D eigenvalue weighted by atomic mass is 9.98. The first-order valence-electron chi connectivity index (χ1n) is 7.68. The molecule has 0 saturated carbocycles. The Morgan fingerprint density at radius 1 is 1.08 bits per heavy atom. The third kappa shape index (κ3) is 2.74. The number of hydrogen-bond acceptors (Lipinski definition) is 6. The molecule has 4 rings (SSSR count). The van der Waals surface area contributed by atoms with Gasteiger partial charge in [-0.2, -0.15) is 10.2 Å². The van der Waals surface area contributed by atoms with Crippen molar-refractivity contribution in [1.29, 1.82) is 0 Å². The molecule has 8 heteroatoms. The topological polar surface area (TPSA) is 104 Å². The van der Waals surface area contributed by atoms with Crippen molar-refractivity contribution >= 4 is 39.1 Å². The van der Waals surface area contributed by atoms with Gasteiger partial charge in [0.2, 0.25) is 5.66 Å². The van der Waals surface area contributed by atoms with Gasteiger partial charge in [-0.1, -0.05) is 40.2 Å². The maximum Gasteiger partial charge on any atom is 0.275 e. The smallest absolute Gasteiger partial charge is 0.275 e. The zero-order valence-electron chi connectivity index (χ0n) is 13.1. The summed E-state index contributed by atoms with van der Waals surface area (Å²) in [5.74, 6) is 0.140. The average molecular weight is 399 g/mol. The highest BCUT2D eigenvalue weighted by atomic mass is 79.9. The van der Waals surface area contributed by atoms with Gasteiger partial charge in [-0.05, 0) is 29.8 Å². The molecule has 0 radical (unpaired) electrons. The first-order chi connectivity index (χ1) is 12.1. The van der Waals surface area contributed by atoms with E-state index in [9.17, 15) is 4.79 Å². The van der Waals surface area contributed by atoms with Crippen LogP contribution in [0.3, 0.4) is 0 Å². The Labute approximate surface area is 152 Å². The SMILES string of the molecule is Nc1ccccc1C1=NNC2(CC(c3cccc(Br)c3)=NN2)C(=O)N1. The van der Waals surface area contributed by atoms with Crippen molar-refractivity contribution in [2.24, 2.45) is 10.2 Å². The Kier molecular flexibility index (Phi) is 3.69. The number of rotatable bonds is 2. The molecule has 2 aliphatic rings. The van der Waals surface area contributed by atoms with Crippen LogP contribution in [0.5, 0.6) is 0 Å². The summed E-state index contributed by atoms with van der Waals surface area (Å²) in [7, 11) is 0. The van der Waals surface area contributed by atoms with E-state index in [2.05, 4.69) is 42.3 Å². The Bertz CT molecular complexity index is 925. The number of amidine groups is 1. The summed E-state index contributed by atoms with van der Waals surface area (Å²) < 4.78 is 0.953. The summed E-state index contributed by atoms with van der Waals surface area (Å²) in [5.41, 5.74) is 13.6. The molecule has 0 saturated heterocycles. The zero-order valence-corrected chi connectivity index (χ0v) is 14.7. The first-order valence-corrected chi connectivity index (χ1v) is 8.48. The summed E-state index contributed by atoms with van der Waals surface area (Å²) in [6.07, 6.45) is 0.371. The minimum absolute atomic E-state index is 0.255. The van der Waals surface area contributed by atoms with Crippen molar-refractivity contribution in [3.05, 3.63) is 64.1 Å². The number of carbonyl (C=O) groups is 1. The Hall–Kier alpha value is -2.87. The number of amides is 1. The molecule has 2 aromatic carbocycles. The minimum Gasteiger partial charge on any atom is -0.398 e. The number of carbonyl (C=O) groups excluding carboxylic acids is 1. The number of nitrogens with one attached hydrogen (secondary N) is 3. The van der Waals surface area contributed by atoms with E-state index in [1.54, 1.807) is 12.1 Å². The van der Waals surface area contributed by atoms with E-state index < -0.39 is 5.66 Å². The summed E-state index contributed by atoms with van der Waals surface area (Å²) >= 11 is 3.45. The predicted octanol–water partition coefficient (Wildman–Crippen LogP) is 1.51. The molecule has 0 bridgehead atoms. The largest absolute Gasteiger partial charge is 0.398 e. The van der Waals surface area contributed by atoms with Crippen LogP contribution in [-0.2, 0) is 4.79 Å². The summed E-state index contributed by atoms with van der Waals surface area (Å²) in [4.78, 5) is 12.7. The maximum absolute atomic E-state index is 12.7. The second-order valence-electron chi connectivity index (χ2n) is 5.88. The zero-order chi connectivity index (χ0) is 17.4. The molecule has 1 spiro atoms. The minimum atomic E-state index is -1.09. The second-order valence-corrected chi connectivity index (χ2v) is 6.79. The van der Waals surface area contributed by atoms with Crippen LogP contribution < -0.4 is 21.9 Å². The molecular weight excluding hydrogens is 384 g/mol. The number of nitrogens with zero attached hydrogens (tertiary/aromatic N) is 2. The molecule has 126 valence electrons. The fourth-order valence-corrected chi connectivity index (χ4v) is 3.21. The van der Waals surface area contributed by atoms with Gasteiger partial charge in [0.25, 0.3) is 5.91 Å². The van der Waals surface area contributed by atoms with Gasteiger partial charge in [0.1, 0.15) is 0 Å². The van der Waals surface area contributed by atoms with Crippen molar-refractivity contribution in [3.8, 4) is 0 Å². The van der Waals surface area contributed by atoms with E-state index in [4.69, 9.17) is 5.73 Å². The second kappa shape index (κ2) is 5.89. The lowest BCUT2D eigenvalue weighted by molar-refractivity contribution is -0.127. The van der Waals surface area contributed by atoms with E-state index in [0.29, 0.717) is 23.5 Å². The number of para-hydroxylation sites is 1. The number of nitrogen functional groups attached to an aromatic ring is 1. The van der Waals surface area contributed by atoms with E-state index in [1.807, 2.05) is 36.4 Å². The third-order valence-electron chi connectivity index (χ3n) is 4.17. The van der Waals surface area contributed by atoms with Crippen molar-refractivity contribution < 1.29 is 4.79 Å². The molecule has 7 nitrogen and oxygen atoms in total. The van der Waals surface area contributed by atoms with Gasteiger partial charge in [-0.25, -0.2) is 0 Å². The number of hydrazone groups is 2. The highest BCUT2D eigenvalue weighted by Crippen LogP contribution is 2.24. The van der Waals surface area contributed by atoms with Crippen LogP contribution in [0, 0.1) is 0 Å². The Morgan fingerprint density at radius 3 is 2.64 bits per heavy atom. The van der Waals surface area contributed by atoms with E-state index in [1.165, 1.54) is 0 Å². The highest BCUT2D eigenvalue weighted by Gasteiger charge is 2.46. The summed E-state index contributed by atoms with van der Waals surface area (Å²) in [6, 6.07) is 15.0. The van der Waals surface area contributed by atoms with E-state index >= 15 is 0 Å². The number of halogens is 1. The molecule has 1 amide bonds. The van der Waals surface area contributed by atoms with Gasteiger partial charge in [-0.15, -0.1) is 0 Å². The highest BCUT2D eigenvalue weighted by molar-refractivity contribution is 9.10. The molecule has 2 aliphatic heterocycles. The van der Waals surface area contributed by atoms with Crippen molar-refractivity contribution in [2.75, 3.05) is 5.73 Å². The van der Waals surface area contributed by atoms with Gasteiger partial charge in [0.15, 0.2) is 5.84 Å². The monoisotopic (exact) mass is 398 g/mol. The van der Waals surface area contributed by atoms with Gasteiger partial charge >= 0.3 is 0 Å². The number of benzene rings is 2.